The maximum atomic E-state index is 14.2. The quantitative estimate of drug-likeness (QED) is 0.248. The van der Waals surface area contributed by atoms with Gasteiger partial charge in [0.1, 0.15) is 0 Å². The number of aromatic nitrogens is 2. The van der Waals surface area contributed by atoms with Crippen molar-refractivity contribution >= 4 is 45.9 Å². The number of hydrogen-bond acceptors (Lipinski definition) is 5. The number of hydrogen-bond donors (Lipinski definition) is 1. The summed E-state index contributed by atoms with van der Waals surface area (Å²) in [6.07, 6.45) is 1.62. The number of aryl methyl sites for hydroxylation is 1. The summed E-state index contributed by atoms with van der Waals surface area (Å²) in [7, 11) is 0. The smallest absolute Gasteiger partial charge is 0.338 e. The van der Waals surface area contributed by atoms with Gasteiger partial charge in [0.15, 0.2) is 4.80 Å². The Morgan fingerprint density at radius 1 is 1.07 bits per heavy atom. The first-order chi connectivity index (χ1) is 19.7. The van der Waals surface area contributed by atoms with Crippen molar-refractivity contribution in [2.75, 3.05) is 0 Å². The number of benzene rings is 3. The van der Waals surface area contributed by atoms with Crippen LogP contribution in [0.4, 0.5) is 0 Å². The van der Waals surface area contributed by atoms with Gasteiger partial charge in [-0.05, 0) is 69.2 Å². The van der Waals surface area contributed by atoms with Crippen molar-refractivity contribution in [2.45, 2.75) is 39.8 Å². The Morgan fingerprint density at radius 2 is 1.80 bits per heavy atom. The molecule has 1 aliphatic rings. The fourth-order valence-electron chi connectivity index (χ4n) is 5.26. The number of aromatic amines is 1. The fourth-order valence-corrected chi connectivity index (χ4v) is 6.42. The summed E-state index contributed by atoms with van der Waals surface area (Å²) in [5.74, 6) is -0.492. The van der Waals surface area contributed by atoms with E-state index in [1.807, 2.05) is 48.5 Å². The highest BCUT2D eigenvalue weighted by molar-refractivity contribution is 7.07. The predicted octanol–water partition coefficient (Wildman–Crippen LogP) is 6.30. The molecule has 0 amide bonds. The summed E-state index contributed by atoms with van der Waals surface area (Å²) >= 11 is 7.50. The molecule has 0 saturated carbocycles. The van der Waals surface area contributed by atoms with Crippen molar-refractivity contribution in [3.63, 3.8) is 0 Å². The van der Waals surface area contributed by atoms with Gasteiger partial charge in [-0.3, -0.25) is 9.36 Å². The number of ether oxygens (including phenoxy) is 1. The third-order valence-corrected chi connectivity index (χ3v) is 8.34. The molecule has 0 spiro atoms. The second kappa shape index (κ2) is 10.7. The molecule has 8 heteroatoms. The maximum Gasteiger partial charge on any atom is 0.338 e. The minimum Gasteiger partial charge on any atom is -0.459 e. The number of carbonyl (C=O) groups is 1. The van der Waals surface area contributed by atoms with E-state index in [-0.39, 0.29) is 11.7 Å². The first-order valence-corrected chi connectivity index (χ1v) is 14.6. The molecule has 1 aliphatic heterocycles. The molecule has 3 heterocycles. The first kappa shape index (κ1) is 27.0. The summed E-state index contributed by atoms with van der Waals surface area (Å²) in [5, 5.41) is 1.59. The van der Waals surface area contributed by atoms with Gasteiger partial charge in [0, 0.05) is 21.5 Å². The van der Waals surface area contributed by atoms with Crippen molar-refractivity contribution in [3.8, 4) is 11.3 Å². The lowest BCUT2D eigenvalue weighted by Gasteiger charge is -2.25. The Kier molecular flexibility index (Phi) is 7.01. The molecule has 3 aromatic carbocycles. The Bertz CT molecular complexity index is 2020. The average Bonchev–Trinajstić information content (AvgIpc) is 3.45. The molecule has 0 radical (unpaired) electrons. The number of halogens is 1. The Morgan fingerprint density at radius 3 is 2.51 bits per heavy atom. The number of nitrogens with one attached hydrogen (secondary N) is 1. The molecule has 6 nitrogen and oxygen atoms in total. The van der Waals surface area contributed by atoms with Crippen LogP contribution >= 0.6 is 22.9 Å². The number of nitrogens with zero attached hydrogens (tertiary/aromatic N) is 2. The highest BCUT2D eigenvalue weighted by Crippen LogP contribution is 2.33. The van der Waals surface area contributed by atoms with Crippen LogP contribution in [0.2, 0.25) is 5.02 Å². The summed E-state index contributed by atoms with van der Waals surface area (Å²) in [4.78, 5) is 36.4. The lowest BCUT2D eigenvalue weighted by Crippen LogP contribution is -2.40. The van der Waals surface area contributed by atoms with Crippen LogP contribution in [0.1, 0.15) is 43.5 Å². The molecular weight excluding hydrogens is 554 g/mol. The molecule has 6 rings (SSSR count). The predicted molar refractivity (Wildman–Crippen MR) is 165 cm³/mol. The lowest BCUT2D eigenvalue weighted by atomic mass is 9.96. The van der Waals surface area contributed by atoms with E-state index >= 15 is 0 Å². The van der Waals surface area contributed by atoms with E-state index in [0.29, 0.717) is 25.6 Å². The second-order valence-corrected chi connectivity index (χ2v) is 11.9. The largest absolute Gasteiger partial charge is 0.459 e. The summed E-state index contributed by atoms with van der Waals surface area (Å²) in [5.41, 5.74) is 6.39. The van der Waals surface area contributed by atoms with E-state index in [1.54, 1.807) is 37.5 Å². The van der Waals surface area contributed by atoms with Gasteiger partial charge in [0.05, 0.1) is 33.6 Å². The van der Waals surface area contributed by atoms with Crippen molar-refractivity contribution in [1.82, 2.24) is 9.55 Å². The Hall–Kier alpha value is -4.20. The lowest BCUT2D eigenvalue weighted by molar-refractivity contribution is -0.143. The maximum absolute atomic E-state index is 14.2. The van der Waals surface area contributed by atoms with Crippen molar-refractivity contribution in [1.29, 1.82) is 0 Å². The summed E-state index contributed by atoms with van der Waals surface area (Å²) in [6.45, 7) is 7.44. The van der Waals surface area contributed by atoms with Gasteiger partial charge >= 0.3 is 5.97 Å². The van der Waals surface area contributed by atoms with Crippen LogP contribution < -0.4 is 14.9 Å². The van der Waals surface area contributed by atoms with Crippen LogP contribution in [-0.4, -0.2) is 21.6 Å². The zero-order valence-electron chi connectivity index (χ0n) is 23.1. The van der Waals surface area contributed by atoms with E-state index in [2.05, 4.69) is 30.1 Å². The van der Waals surface area contributed by atoms with Crippen LogP contribution in [-0.2, 0) is 9.53 Å². The highest BCUT2D eigenvalue weighted by atomic mass is 35.5. The van der Waals surface area contributed by atoms with Gasteiger partial charge < -0.3 is 9.72 Å². The van der Waals surface area contributed by atoms with Gasteiger partial charge in [-0.15, -0.1) is 0 Å². The minimum atomic E-state index is -0.698. The van der Waals surface area contributed by atoms with Gasteiger partial charge in [-0.1, -0.05) is 77.0 Å². The van der Waals surface area contributed by atoms with Gasteiger partial charge in [0.2, 0.25) is 0 Å². The van der Waals surface area contributed by atoms with Crippen LogP contribution in [0.3, 0.4) is 0 Å². The van der Waals surface area contributed by atoms with E-state index in [9.17, 15) is 9.59 Å². The molecule has 0 unspecified atom stereocenters. The number of rotatable bonds is 5. The second-order valence-electron chi connectivity index (χ2n) is 10.4. The molecule has 0 bridgehead atoms. The van der Waals surface area contributed by atoms with Crippen molar-refractivity contribution in [2.24, 2.45) is 4.99 Å². The van der Waals surface area contributed by atoms with E-state index < -0.39 is 12.0 Å². The molecule has 206 valence electrons. The van der Waals surface area contributed by atoms with Crippen molar-refractivity contribution < 1.29 is 9.53 Å². The molecule has 2 aromatic heterocycles. The number of allylic oxidation sites excluding steroid dienone is 1. The standard InChI is InChI=1S/C33H28ClN3O3S/c1-18(2)40-32(39)28-20(4)35-33-37(30(28)22-11-13-23(34)14-12-22)31(38)27(41-33)17-25-24-16-19(3)10-15-26(24)36-29(25)21-8-6-5-7-9-21/h5-18,30,36H,1-4H3/b27-17+/t30-/m0/s1. The van der Waals surface area contributed by atoms with E-state index in [4.69, 9.17) is 21.3 Å². The SMILES string of the molecule is CC1=C(C(=O)OC(C)C)[C@H](c2ccc(Cl)cc2)n2c(s/c(=C/c3c(-c4ccccc4)[nH]c4ccc(C)cc34)c2=O)=N1. The normalized spacial score (nSPS) is 15.4. The minimum absolute atomic E-state index is 0.225. The third-order valence-electron chi connectivity index (χ3n) is 7.10. The Labute approximate surface area is 245 Å². The van der Waals surface area contributed by atoms with E-state index in [0.717, 1.165) is 38.9 Å². The third kappa shape index (κ3) is 4.96. The highest BCUT2D eigenvalue weighted by Gasteiger charge is 2.33. The molecule has 1 atom stereocenters. The molecule has 41 heavy (non-hydrogen) atoms. The summed E-state index contributed by atoms with van der Waals surface area (Å²) < 4.78 is 7.72. The number of carbonyl (C=O) groups excluding carboxylic acids is 1. The van der Waals surface area contributed by atoms with Crippen LogP contribution in [0, 0.1) is 6.92 Å². The topological polar surface area (TPSA) is 76.5 Å². The number of fused-ring (bicyclic) bond motifs is 2. The fraction of sp³-hybridized carbons (Fsp3) is 0.182. The molecule has 0 aliphatic carbocycles. The first-order valence-electron chi connectivity index (χ1n) is 13.4. The van der Waals surface area contributed by atoms with Crippen LogP contribution in [0.5, 0.6) is 0 Å². The Balaban J connectivity index is 1.61. The number of thiazole rings is 1. The van der Waals surface area contributed by atoms with Crippen LogP contribution in [0.15, 0.2) is 93.9 Å². The van der Waals surface area contributed by atoms with Crippen molar-refractivity contribution in [3.05, 3.63) is 125 Å². The average molecular weight is 582 g/mol. The van der Waals surface area contributed by atoms with Gasteiger partial charge in [-0.2, -0.15) is 0 Å². The molecule has 0 fully saturated rings. The van der Waals surface area contributed by atoms with E-state index in [1.165, 1.54) is 11.3 Å². The molecule has 5 aromatic rings. The molecule has 1 N–H and O–H groups in total. The number of H-pyrrole nitrogens is 1. The molecular formula is C33H28ClN3O3S. The number of esters is 1. The molecule has 0 saturated heterocycles. The van der Waals surface area contributed by atoms with Gasteiger partial charge in [0.25, 0.3) is 5.56 Å². The monoisotopic (exact) mass is 581 g/mol. The zero-order chi connectivity index (χ0) is 28.8. The summed E-state index contributed by atoms with van der Waals surface area (Å²) in [6, 6.07) is 22.8. The van der Waals surface area contributed by atoms with Gasteiger partial charge in [-0.25, -0.2) is 9.79 Å². The zero-order valence-corrected chi connectivity index (χ0v) is 24.6. The van der Waals surface area contributed by atoms with Crippen LogP contribution in [0.25, 0.3) is 28.2 Å².